The third kappa shape index (κ3) is 2.10. The van der Waals surface area contributed by atoms with Crippen LogP contribution in [0.5, 0.6) is 0 Å². The Bertz CT molecular complexity index is 332. The molecule has 4 heteroatoms. The molecule has 0 fully saturated rings. The van der Waals surface area contributed by atoms with Crippen LogP contribution in [-0.2, 0) is 9.53 Å². The number of rotatable bonds is 2. The maximum absolute atomic E-state index is 11.1. The van der Waals surface area contributed by atoms with Gasteiger partial charge < -0.3 is 4.74 Å². The van der Waals surface area contributed by atoms with Crippen LogP contribution in [0.3, 0.4) is 0 Å². The molecule has 4 nitrogen and oxygen atoms in total. The van der Waals surface area contributed by atoms with E-state index in [1.54, 1.807) is 12.1 Å². The van der Waals surface area contributed by atoms with Gasteiger partial charge in [0, 0.05) is 0 Å². The smallest absolute Gasteiger partial charge is 0.420 e. The Hall–Kier alpha value is -1.84. The van der Waals surface area contributed by atoms with Crippen molar-refractivity contribution >= 4 is 18.2 Å². The highest BCUT2D eigenvalue weighted by atomic mass is 16.5. The van der Waals surface area contributed by atoms with Gasteiger partial charge in [0.05, 0.1) is 12.8 Å². The number of nitrogens with zero attached hydrogens (tertiary/aromatic N) is 1. The Morgan fingerprint density at radius 3 is 2.36 bits per heavy atom. The summed E-state index contributed by atoms with van der Waals surface area (Å²) in [5.74, 6) is 0. The number of imide groups is 1. The molecular formula is C10H11NO3. The lowest BCUT2D eigenvalue weighted by Crippen LogP contribution is -2.28. The van der Waals surface area contributed by atoms with Crippen LogP contribution in [0.15, 0.2) is 24.3 Å². The van der Waals surface area contributed by atoms with Crippen LogP contribution in [0.25, 0.3) is 0 Å². The third-order valence-corrected chi connectivity index (χ3v) is 1.79. The second-order valence-corrected chi connectivity index (χ2v) is 2.78. The molecule has 2 amide bonds. The SMILES string of the molecule is COC(=O)N(C=O)c1ccc(C)cc1. The topological polar surface area (TPSA) is 46.6 Å². The highest BCUT2D eigenvalue weighted by Gasteiger charge is 2.14. The van der Waals surface area contributed by atoms with Crippen LogP contribution < -0.4 is 4.90 Å². The standard InChI is InChI=1S/C10H11NO3/c1-8-3-5-9(6-4-8)11(7-12)10(13)14-2/h3-7H,1-2H3. The van der Waals surface area contributed by atoms with E-state index in [1.807, 2.05) is 19.1 Å². The van der Waals surface area contributed by atoms with Gasteiger partial charge in [-0.1, -0.05) is 17.7 Å². The minimum Gasteiger partial charge on any atom is -0.452 e. The van der Waals surface area contributed by atoms with E-state index in [4.69, 9.17) is 0 Å². The highest BCUT2D eigenvalue weighted by Crippen LogP contribution is 2.14. The average molecular weight is 193 g/mol. The first-order valence-corrected chi connectivity index (χ1v) is 4.08. The lowest BCUT2D eigenvalue weighted by molar-refractivity contribution is -0.107. The van der Waals surface area contributed by atoms with Gasteiger partial charge in [-0.15, -0.1) is 0 Å². The van der Waals surface area contributed by atoms with E-state index in [0.29, 0.717) is 12.1 Å². The van der Waals surface area contributed by atoms with E-state index in [1.165, 1.54) is 7.11 Å². The molecule has 0 radical (unpaired) electrons. The quantitative estimate of drug-likeness (QED) is 0.672. The van der Waals surface area contributed by atoms with Crippen LogP contribution in [0, 0.1) is 6.92 Å². The van der Waals surface area contributed by atoms with Gasteiger partial charge in [0.2, 0.25) is 6.41 Å². The van der Waals surface area contributed by atoms with Crippen LogP contribution in [0.1, 0.15) is 5.56 Å². The first-order chi connectivity index (χ1) is 6.69. The predicted octanol–water partition coefficient (Wildman–Crippen LogP) is 1.72. The zero-order valence-corrected chi connectivity index (χ0v) is 8.06. The van der Waals surface area contributed by atoms with Gasteiger partial charge in [0.15, 0.2) is 0 Å². The zero-order valence-electron chi connectivity index (χ0n) is 8.06. The van der Waals surface area contributed by atoms with Gasteiger partial charge in [0.1, 0.15) is 0 Å². The van der Waals surface area contributed by atoms with Crippen molar-refractivity contribution in [1.82, 2.24) is 0 Å². The van der Waals surface area contributed by atoms with Crippen molar-refractivity contribution < 1.29 is 14.3 Å². The van der Waals surface area contributed by atoms with E-state index in [2.05, 4.69) is 4.74 Å². The molecule has 0 saturated heterocycles. The number of carbonyl (C=O) groups excluding carboxylic acids is 2. The lowest BCUT2D eigenvalue weighted by Gasteiger charge is -2.13. The molecule has 1 aromatic carbocycles. The summed E-state index contributed by atoms with van der Waals surface area (Å²) in [6, 6.07) is 6.99. The van der Waals surface area contributed by atoms with E-state index >= 15 is 0 Å². The summed E-state index contributed by atoms with van der Waals surface area (Å²) in [7, 11) is 1.23. The van der Waals surface area contributed by atoms with Crippen molar-refractivity contribution in [3.05, 3.63) is 29.8 Å². The number of hydrogen-bond acceptors (Lipinski definition) is 3. The zero-order chi connectivity index (χ0) is 10.6. The van der Waals surface area contributed by atoms with Crippen molar-refractivity contribution in [3.63, 3.8) is 0 Å². The molecule has 74 valence electrons. The van der Waals surface area contributed by atoms with Crippen LogP contribution in [0.2, 0.25) is 0 Å². The molecule has 0 N–H and O–H groups in total. The normalized spacial score (nSPS) is 9.29. The van der Waals surface area contributed by atoms with E-state index < -0.39 is 6.09 Å². The molecule has 0 aliphatic heterocycles. The number of ether oxygens (including phenoxy) is 1. The molecule has 0 unspecified atom stereocenters. The van der Waals surface area contributed by atoms with Crippen molar-refractivity contribution in [2.75, 3.05) is 12.0 Å². The Balaban J connectivity index is 2.95. The monoisotopic (exact) mass is 193 g/mol. The second kappa shape index (κ2) is 4.41. The molecule has 0 saturated carbocycles. The molecule has 0 aliphatic carbocycles. The third-order valence-electron chi connectivity index (χ3n) is 1.79. The molecule has 0 aliphatic rings. The van der Waals surface area contributed by atoms with Crippen LogP contribution >= 0.6 is 0 Å². The number of hydrogen-bond donors (Lipinski definition) is 0. The Morgan fingerprint density at radius 1 is 1.36 bits per heavy atom. The fourth-order valence-corrected chi connectivity index (χ4v) is 1.01. The van der Waals surface area contributed by atoms with Crippen LogP contribution in [-0.4, -0.2) is 19.6 Å². The predicted molar refractivity (Wildman–Crippen MR) is 52.1 cm³/mol. The Labute approximate surface area is 82.1 Å². The van der Waals surface area contributed by atoms with Gasteiger partial charge in [-0.3, -0.25) is 4.79 Å². The van der Waals surface area contributed by atoms with E-state index in [-0.39, 0.29) is 0 Å². The van der Waals surface area contributed by atoms with Crippen molar-refractivity contribution in [1.29, 1.82) is 0 Å². The number of methoxy groups -OCH3 is 1. The first kappa shape index (κ1) is 10.2. The fourth-order valence-electron chi connectivity index (χ4n) is 1.01. The molecule has 0 spiro atoms. The van der Waals surface area contributed by atoms with Gasteiger partial charge in [-0.05, 0) is 19.1 Å². The highest BCUT2D eigenvalue weighted by molar-refractivity contribution is 6.03. The summed E-state index contributed by atoms with van der Waals surface area (Å²) < 4.78 is 4.44. The number of carbonyl (C=O) groups is 2. The molecule has 0 atom stereocenters. The Morgan fingerprint density at radius 2 is 1.93 bits per heavy atom. The average Bonchev–Trinajstić information content (AvgIpc) is 2.21. The molecule has 0 aromatic heterocycles. The Kier molecular flexibility index (Phi) is 3.23. The van der Waals surface area contributed by atoms with Gasteiger partial charge >= 0.3 is 6.09 Å². The van der Waals surface area contributed by atoms with Crippen LogP contribution in [0.4, 0.5) is 10.5 Å². The molecular weight excluding hydrogens is 182 g/mol. The molecule has 0 bridgehead atoms. The first-order valence-electron chi connectivity index (χ1n) is 4.08. The van der Waals surface area contributed by atoms with Gasteiger partial charge in [-0.2, -0.15) is 0 Å². The summed E-state index contributed by atoms with van der Waals surface area (Å²) in [6.45, 7) is 1.92. The second-order valence-electron chi connectivity index (χ2n) is 2.78. The summed E-state index contributed by atoms with van der Waals surface area (Å²) in [6.07, 6.45) is -0.264. The minimum absolute atomic E-state index is 0.427. The lowest BCUT2D eigenvalue weighted by atomic mass is 10.2. The van der Waals surface area contributed by atoms with Gasteiger partial charge in [-0.25, -0.2) is 9.69 Å². The maximum atomic E-state index is 11.1. The van der Waals surface area contributed by atoms with E-state index in [9.17, 15) is 9.59 Å². The largest absolute Gasteiger partial charge is 0.452 e. The van der Waals surface area contributed by atoms with Gasteiger partial charge in [0.25, 0.3) is 0 Å². The summed E-state index contributed by atoms with van der Waals surface area (Å²) in [5, 5.41) is 0. The maximum Gasteiger partial charge on any atom is 0.420 e. The summed E-state index contributed by atoms with van der Waals surface area (Å²) in [4.78, 5) is 22.6. The van der Waals surface area contributed by atoms with Crippen molar-refractivity contribution in [2.45, 2.75) is 6.92 Å². The fraction of sp³-hybridized carbons (Fsp3) is 0.200. The number of amides is 2. The molecule has 0 heterocycles. The summed E-state index contributed by atoms with van der Waals surface area (Å²) >= 11 is 0. The number of benzene rings is 1. The summed E-state index contributed by atoms with van der Waals surface area (Å²) in [5.41, 5.74) is 1.56. The molecule has 14 heavy (non-hydrogen) atoms. The minimum atomic E-state index is -0.691. The van der Waals surface area contributed by atoms with E-state index in [0.717, 1.165) is 10.5 Å². The van der Waals surface area contributed by atoms with Crippen molar-refractivity contribution in [2.24, 2.45) is 0 Å². The number of anilines is 1. The molecule has 1 rings (SSSR count). The molecule has 1 aromatic rings. The number of aryl methyl sites for hydroxylation is 1. The van der Waals surface area contributed by atoms with Crippen molar-refractivity contribution in [3.8, 4) is 0 Å².